The van der Waals surface area contributed by atoms with Gasteiger partial charge in [0.2, 0.25) is 5.91 Å². The Hall–Kier alpha value is -3.90. The lowest BCUT2D eigenvalue weighted by Crippen LogP contribution is -2.24. The minimum absolute atomic E-state index is 0.0660. The maximum Gasteiger partial charge on any atom is 0.341 e. The van der Waals surface area contributed by atoms with Gasteiger partial charge in [-0.1, -0.05) is 42.1 Å². The second-order valence-electron chi connectivity index (χ2n) is 8.75. The van der Waals surface area contributed by atoms with Crippen molar-refractivity contribution in [2.75, 3.05) is 17.7 Å². The average Bonchev–Trinajstić information content (AvgIpc) is 3.73. The molecule has 0 radical (unpaired) electrons. The van der Waals surface area contributed by atoms with Gasteiger partial charge in [-0.25, -0.2) is 4.79 Å². The topological polar surface area (TPSA) is 128 Å². The third kappa shape index (κ3) is 6.23. The molecule has 1 aromatic carbocycles. The number of fused-ring (bicyclic) bond motifs is 1. The molecule has 3 aromatic heterocycles. The fraction of sp³-hybridized carbons (Fsp3) is 0.296. The number of thiophene rings is 1. The van der Waals surface area contributed by atoms with Gasteiger partial charge in [-0.3, -0.25) is 9.59 Å². The van der Waals surface area contributed by atoms with Crippen LogP contribution in [0.3, 0.4) is 0 Å². The van der Waals surface area contributed by atoms with E-state index in [0.29, 0.717) is 28.1 Å². The molecular formula is C27H27N5O5S2. The lowest BCUT2D eigenvalue weighted by atomic mass is 10.1. The number of hydrogen-bond acceptors (Lipinski definition) is 9. The Kier molecular flexibility index (Phi) is 8.42. The highest BCUT2D eigenvalue weighted by Crippen LogP contribution is 2.39. The third-order valence-corrected chi connectivity index (χ3v) is 8.29. The van der Waals surface area contributed by atoms with Crippen molar-refractivity contribution < 1.29 is 23.5 Å². The maximum atomic E-state index is 13.0. The van der Waals surface area contributed by atoms with Gasteiger partial charge in [0.15, 0.2) is 16.7 Å². The lowest BCUT2D eigenvalue weighted by Gasteiger charge is -2.11. The summed E-state index contributed by atoms with van der Waals surface area (Å²) in [6.07, 6.45) is 4.15. The van der Waals surface area contributed by atoms with Gasteiger partial charge in [0, 0.05) is 4.88 Å². The number of aryl methyl sites for hydroxylation is 1. The van der Waals surface area contributed by atoms with E-state index in [0.717, 1.165) is 35.3 Å². The van der Waals surface area contributed by atoms with Gasteiger partial charge in [0.05, 0.1) is 37.3 Å². The van der Waals surface area contributed by atoms with Gasteiger partial charge in [0.1, 0.15) is 5.00 Å². The van der Waals surface area contributed by atoms with Crippen LogP contribution in [0.4, 0.5) is 5.00 Å². The number of rotatable bonds is 11. The highest BCUT2D eigenvalue weighted by molar-refractivity contribution is 7.99. The molecule has 0 bridgehead atoms. The number of anilines is 1. The van der Waals surface area contributed by atoms with Crippen LogP contribution in [0, 0.1) is 0 Å². The summed E-state index contributed by atoms with van der Waals surface area (Å²) in [6, 6.07) is 13.0. The van der Waals surface area contributed by atoms with Crippen LogP contribution in [0.2, 0.25) is 0 Å². The SMILES string of the molecule is CCOC(=O)c1c(NC(=O)CSc2nnc(CNC(=O)c3ccco3)n2Cc2ccccc2)sc2c1CCC2. The lowest BCUT2D eigenvalue weighted by molar-refractivity contribution is -0.113. The Morgan fingerprint density at radius 1 is 1.13 bits per heavy atom. The van der Waals surface area contributed by atoms with Crippen LogP contribution in [-0.2, 0) is 35.5 Å². The van der Waals surface area contributed by atoms with Crippen LogP contribution in [0.5, 0.6) is 0 Å². The van der Waals surface area contributed by atoms with Crippen LogP contribution in [0.25, 0.3) is 0 Å². The average molecular weight is 566 g/mol. The number of nitrogens with zero attached hydrogens (tertiary/aromatic N) is 3. The number of benzene rings is 1. The predicted octanol–water partition coefficient (Wildman–Crippen LogP) is 4.31. The smallest absolute Gasteiger partial charge is 0.341 e. The first-order valence-electron chi connectivity index (χ1n) is 12.6. The fourth-order valence-corrected chi connectivity index (χ4v) is 6.39. The molecule has 5 rings (SSSR count). The molecule has 0 unspecified atom stereocenters. The number of nitrogens with one attached hydrogen (secondary N) is 2. The van der Waals surface area contributed by atoms with Gasteiger partial charge in [-0.15, -0.1) is 21.5 Å². The van der Waals surface area contributed by atoms with E-state index in [9.17, 15) is 14.4 Å². The minimum Gasteiger partial charge on any atom is -0.462 e. The van der Waals surface area contributed by atoms with E-state index in [4.69, 9.17) is 9.15 Å². The quantitative estimate of drug-likeness (QED) is 0.203. The Labute approximate surface area is 233 Å². The minimum atomic E-state index is -0.399. The molecular weight excluding hydrogens is 538 g/mol. The van der Waals surface area contributed by atoms with Crippen LogP contribution < -0.4 is 10.6 Å². The summed E-state index contributed by atoms with van der Waals surface area (Å²) >= 11 is 2.68. The monoisotopic (exact) mass is 565 g/mol. The third-order valence-electron chi connectivity index (χ3n) is 6.12. The summed E-state index contributed by atoms with van der Waals surface area (Å²) in [5.74, 6) is -0.200. The van der Waals surface area contributed by atoms with Gasteiger partial charge in [0.25, 0.3) is 5.91 Å². The number of amides is 2. The number of furan rings is 1. The van der Waals surface area contributed by atoms with Crippen molar-refractivity contribution in [3.05, 3.63) is 81.9 Å². The zero-order chi connectivity index (χ0) is 27.2. The van der Waals surface area contributed by atoms with Gasteiger partial charge < -0.3 is 24.4 Å². The molecule has 1 aliphatic carbocycles. The van der Waals surface area contributed by atoms with Crippen molar-refractivity contribution in [3.8, 4) is 0 Å². The second-order valence-corrected chi connectivity index (χ2v) is 10.8. The number of esters is 1. The number of carbonyl (C=O) groups excluding carboxylic acids is 3. The molecule has 10 nitrogen and oxygen atoms in total. The summed E-state index contributed by atoms with van der Waals surface area (Å²) < 4.78 is 12.3. The van der Waals surface area contributed by atoms with Crippen LogP contribution in [0.15, 0.2) is 58.3 Å². The largest absolute Gasteiger partial charge is 0.462 e. The summed E-state index contributed by atoms with van der Waals surface area (Å²) in [5.41, 5.74) is 2.49. The number of hydrogen-bond donors (Lipinski definition) is 2. The Morgan fingerprint density at radius 2 is 1.97 bits per heavy atom. The van der Waals surface area contributed by atoms with E-state index in [-0.39, 0.29) is 36.5 Å². The molecule has 3 heterocycles. The number of thioether (sulfide) groups is 1. The fourth-order valence-electron chi connectivity index (χ4n) is 4.34. The highest BCUT2D eigenvalue weighted by Gasteiger charge is 2.28. The maximum absolute atomic E-state index is 13.0. The summed E-state index contributed by atoms with van der Waals surface area (Å²) in [5, 5.41) is 15.4. The van der Waals surface area contributed by atoms with Crippen molar-refractivity contribution >= 4 is 45.9 Å². The molecule has 0 atom stereocenters. The number of aromatic nitrogens is 3. The molecule has 39 heavy (non-hydrogen) atoms. The van der Waals surface area contributed by atoms with Crippen molar-refractivity contribution in [1.82, 2.24) is 20.1 Å². The first kappa shape index (κ1) is 26.7. The Balaban J connectivity index is 1.29. The molecule has 2 amide bonds. The molecule has 12 heteroatoms. The standard InChI is InChI=1S/C27H27N5O5S2/c1-2-36-26(35)23-18-10-6-12-20(18)39-25(23)29-22(33)16-38-27-31-30-21(14-28-24(34)19-11-7-13-37-19)32(27)15-17-8-4-3-5-9-17/h3-5,7-9,11,13H,2,6,10,12,14-16H2,1H3,(H,28,34)(H,29,33). The first-order chi connectivity index (χ1) is 19.0. The Bertz CT molecular complexity index is 1460. The molecule has 0 aliphatic heterocycles. The summed E-state index contributed by atoms with van der Waals surface area (Å²) in [6.45, 7) is 2.64. The van der Waals surface area contributed by atoms with E-state index in [1.54, 1.807) is 19.1 Å². The molecule has 1 aliphatic rings. The predicted molar refractivity (Wildman–Crippen MR) is 147 cm³/mol. The summed E-state index contributed by atoms with van der Waals surface area (Å²) in [7, 11) is 0. The normalized spacial score (nSPS) is 12.2. The van der Waals surface area contributed by atoms with E-state index in [1.807, 2.05) is 34.9 Å². The van der Waals surface area contributed by atoms with Crippen molar-refractivity contribution in [2.24, 2.45) is 0 Å². The molecule has 0 saturated heterocycles. The van der Waals surface area contributed by atoms with E-state index < -0.39 is 5.97 Å². The van der Waals surface area contributed by atoms with Crippen molar-refractivity contribution in [1.29, 1.82) is 0 Å². The second kappa shape index (κ2) is 12.3. The summed E-state index contributed by atoms with van der Waals surface area (Å²) in [4.78, 5) is 39.1. The molecule has 202 valence electrons. The Morgan fingerprint density at radius 3 is 2.74 bits per heavy atom. The van der Waals surface area contributed by atoms with Crippen LogP contribution in [-0.4, -0.2) is 44.9 Å². The van der Waals surface area contributed by atoms with E-state index in [1.165, 1.54) is 29.4 Å². The first-order valence-corrected chi connectivity index (χ1v) is 14.4. The molecule has 2 N–H and O–H groups in total. The molecule has 4 aromatic rings. The number of carbonyl (C=O) groups is 3. The zero-order valence-electron chi connectivity index (χ0n) is 21.3. The van der Waals surface area contributed by atoms with Crippen LogP contribution in [0.1, 0.15) is 56.1 Å². The van der Waals surface area contributed by atoms with Crippen molar-refractivity contribution in [2.45, 2.75) is 44.4 Å². The van der Waals surface area contributed by atoms with Crippen LogP contribution >= 0.6 is 23.1 Å². The number of ether oxygens (including phenoxy) is 1. The van der Waals surface area contributed by atoms with Crippen molar-refractivity contribution in [3.63, 3.8) is 0 Å². The molecule has 0 saturated carbocycles. The van der Waals surface area contributed by atoms with Gasteiger partial charge in [-0.2, -0.15) is 0 Å². The molecule has 0 spiro atoms. The zero-order valence-corrected chi connectivity index (χ0v) is 22.9. The van der Waals surface area contributed by atoms with Gasteiger partial charge >= 0.3 is 5.97 Å². The van der Waals surface area contributed by atoms with E-state index >= 15 is 0 Å². The molecule has 0 fully saturated rings. The van der Waals surface area contributed by atoms with Gasteiger partial charge in [-0.05, 0) is 49.4 Å². The highest BCUT2D eigenvalue weighted by atomic mass is 32.2. The van der Waals surface area contributed by atoms with E-state index in [2.05, 4.69) is 20.8 Å².